The molecule has 124 valence electrons. The fraction of sp³-hybridized carbons (Fsp3) is 0.571. The van der Waals surface area contributed by atoms with Crippen molar-refractivity contribution in [1.29, 1.82) is 0 Å². The van der Waals surface area contributed by atoms with Gasteiger partial charge >= 0.3 is 0 Å². The van der Waals surface area contributed by atoms with Gasteiger partial charge in [0, 0.05) is 39.0 Å². The lowest BCUT2D eigenvalue weighted by atomic mass is 10.1. The zero-order valence-corrected chi connectivity index (χ0v) is 13.5. The number of amides is 3. The predicted molar refractivity (Wildman–Crippen MR) is 79.6 cm³/mol. The lowest BCUT2D eigenvalue weighted by Crippen LogP contribution is -2.66. The number of rotatable bonds is 3. The summed E-state index contributed by atoms with van der Waals surface area (Å²) in [6.45, 7) is 1.18. The number of aryl methyl sites for hydroxylation is 1. The van der Waals surface area contributed by atoms with Crippen LogP contribution >= 0.6 is 11.6 Å². The molecule has 2 aliphatic heterocycles. The number of nitrogens with zero attached hydrogens (tertiary/aromatic N) is 4. The number of hydrogen-bond donors (Lipinski definition) is 0. The molecule has 0 bridgehead atoms. The normalized spacial score (nSPS) is 21.7. The maximum Gasteiger partial charge on any atom is 0.247 e. The smallest absolute Gasteiger partial charge is 0.247 e. The number of hydrogen-bond acceptors (Lipinski definition) is 5. The second-order valence-electron chi connectivity index (χ2n) is 5.75. The van der Waals surface area contributed by atoms with Crippen molar-refractivity contribution in [2.24, 2.45) is 0 Å². The van der Waals surface area contributed by atoms with Crippen LogP contribution in [0, 0.1) is 0 Å². The van der Waals surface area contributed by atoms with Crippen LogP contribution < -0.4 is 0 Å². The highest BCUT2D eigenvalue weighted by Gasteiger charge is 2.42. The zero-order chi connectivity index (χ0) is 16.6. The molecule has 0 spiro atoms. The lowest BCUT2D eigenvalue weighted by Gasteiger charge is -2.45. The number of halogens is 1. The molecule has 2 fully saturated rings. The Balaban J connectivity index is 1.60. The Hall–Kier alpha value is -2.09. The quantitative estimate of drug-likeness (QED) is 0.758. The largest absolute Gasteiger partial charge is 0.360 e. The Morgan fingerprint density at radius 1 is 1.43 bits per heavy atom. The molecule has 0 N–H and O–H groups in total. The highest BCUT2D eigenvalue weighted by Crippen LogP contribution is 2.18. The van der Waals surface area contributed by atoms with Gasteiger partial charge in [-0.05, 0) is 0 Å². The summed E-state index contributed by atoms with van der Waals surface area (Å²) in [5, 5.41) is 3.82. The standard InChI is InChI=1S/C14H17ClN4O4/c1-17-8-13(21)19-5-4-18(7-10(19)14(17)22)12(20)3-2-9-6-11(15)16-23-9/h6,10H,2-5,7-8H2,1H3/t10-/m0/s1. The van der Waals surface area contributed by atoms with E-state index in [1.54, 1.807) is 22.9 Å². The third-order valence-electron chi connectivity index (χ3n) is 4.20. The van der Waals surface area contributed by atoms with E-state index in [0.717, 1.165) is 0 Å². The van der Waals surface area contributed by atoms with Crippen LogP contribution in [0.1, 0.15) is 12.2 Å². The summed E-state index contributed by atoms with van der Waals surface area (Å²) >= 11 is 5.66. The van der Waals surface area contributed by atoms with Crippen LogP contribution in [0.5, 0.6) is 0 Å². The van der Waals surface area contributed by atoms with Gasteiger partial charge in [-0.2, -0.15) is 0 Å². The van der Waals surface area contributed by atoms with E-state index in [2.05, 4.69) is 5.16 Å². The number of carbonyl (C=O) groups excluding carboxylic acids is 3. The molecule has 0 aromatic carbocycles. The van der Waals surface area contributed by atoms with Crippen molar-refractivity contribution in [3.05, 3.63) is 17.0 Å². The van der Waals surface area contributed by atoms with Gasteiger partial charge in [0.2, 0.25) is 17.7 Å². The summed E-state index contributed by atoms with van der Waals surface area (Å²) in [7, 11) is 1.60. The highest BCUT2D eigenvalue weighted by atomic mass is 35.5. The third kappa shape index (κ3) is 3.17. The van der Waals surface area contributed by atoms with E-state index in [9.17, 15) is 14.4 Å². The van der Waals surface area contributed by atoms with Crippen molar-refractivity contribution in [2.45, 2.75) is 18.9 Å². The first-order valence-corrected chi connectivity index (χ1v) is 7.77. The molecule has 1 aromatic heterocycles. The average Bonchev–Trinajstić information content (AvgIpc) is 2.95. The number of piperazine rings is 2. The maximum atomic E-state index is 12.3. The molecule has 1 atom stereocenters. The van der Waals surface area contributed by atoms with E-state index in [-0.39, 0.29) is 42.4 Å². The van der Waals surface area contributed by atoms with Gasteiger partial charge in [-0.25, -0.2) is 0 Å². The van der Waals surface area contributed by atoms with Crippen LogP contribution in [0.3, 0.4) is 0 Å². The monoisotopic (exact) mass is 340 g/mol. The van der Waals surface area contributed by atoms with Crippen molar-refractivity contribution in [3.8, 4) is 0 Å². The van der Waals surface area contributed by atoms with E-state index in [1.807, 2.05) is 0 Å². The van der Waals surface area contributed by atoms with E-state index in [0.29, 0.717) is 25.3 Å². The van der Waals surface area contributed by atoms with E-state index in [1.165, 1.54) is 4.90 Å². The molecule has 0 saturated carbocycles. The highest BCUT2D eigenvalue weighted by molar-refractivity contribution is 6.29. The Labute approximate surface area is 137 Å². The lowest BCUT2D eigenvalue weighted by molar-refractivity contribution is -0.160. The molecular formula is C14H17ClN4O4. The van der Waals surface area contributed by atoms with Crippen molar-refractivity contribution < 1.29 is 18.9 Å². The SMILES string of the molecule is CN1CC(=O)N2CCN(C(=O)CCc3cc(Cl)no3)C[C@H]2C1=O. The summed E-state index contributed by atoms with van der Waals surface area (Å²) in [6.07, 6.45) is 0.645. The van der Waals surface area contributed by atoms with Crippen LogP contribution in [0.2, 0.25) is 5.15 Å². The van der Waals surface area contributed by atoms with Crippen LogP contribution in [0.15, 0.2) is 10.6 Å². The summed E-state index contributed by atoms with van der Waals surface area (Å²) < 4.78 is 4.97. The number of likely N-dealkylation sites (N-methyl/N-ethyl adjacent to an activating group) is 1. The molecule has 0 radical (unpaired) electrons. The first-order valence-electron chi connectivity index (χ1n) is 7.39. The molecule has 0 unspecified atom stereocenters. The second-order valence-corrected chi connectivity index (χ2v) is 6.14. The van der Waals surface area contributed by atoms with Crippen LogP contribution in [-0.2, 0) is 20.8 Å². The van der Waals surface area contributed by atoms with E-state index in [4.69, 9.17) is 16.1 Å². The van der Waals surface area contributed by atoms with E-state index >= 15 is 0 Å². The minimum atomic E-state index is -0.571. The van der Waals surface area contributed by atoms with Gasteiger partial charge in [0.25, 0.3) is 0 Å². The molecular weight excluding hydrogens is 324 g/mol. The van der Waals surface area contributed by atoms with E-state index < -0.39 is 6.04 Å². The van der Waals surface area contributed by atoms with Crippen molar-refractivity contribution in [1.82, 2.24) is 19.9 Å². The number of fused-ring (bicyclic) bond motifs is 1. The molecule has 3 rings (SSSR count). The van der Waals surface area contributed by atoms with Gasteiger partial charge in [0.15, 0.2) is 5.15 Å². The van der Waals surface area contributed by atoms with Gasteiger partial charge in [-0.15, -0.1) is 0 Å². The average molecular weight is 341 g/mol. The summed E-state index contributed by atoms with van der Waals surface area (Å²) in [5.74, 6) is 0.279. The topological polar surface area (TPSA) is 87.0 Å². The van der Waals surface area contributed by atoms with Crippen molar-refractivity contribution in [2.75, 3.05) is 33.2 Å². The maximum absolute atomic E-state index is 12.3. The first-order chi connectivity index (χ1) is 11.0. The van der Waals surface area contributed by atoms with Gasteiger partial charge in [-0.1, -0.05) is 16.8 Å². The molecule has 9 heteroatoms. The second kappa shape index (κ2) is 6.19. The van der Waals surface area contributed by atoms with Crippen molar-refractivity contribution >= 4 is 29.3 Å². The van der Waals surface area contributed by atoms with Gasteiger partial charge in [0.05, 0.1) is 13.1 Å². The van der Waals surface area contributed by atoms with Crippen LogP contribution in [0.4, 0.5) is 0 Å². The minimum absolute atomic E-state index is 0.0690. The van der Waals surface area contributed by atoms with Crippen molar-refractivity contribution in [3.63, 3.8) is 0 Å². The van der Waals surface area contributed by atoms with Gasteiger partial charge in [0.1, 0.15) is 11.8 Å². The fourth-order valence-corrected chi connectivity index (χ4v) is 3.10. The Morgan fingerprint density at radius 3 is 2.91 bits per heavy atom. The zero-order valence-electron chi connectivity index (χ0n) is 12.7. The molecule has 0 aliphatic carbocycles. The molecule has 2 aliphatic rings. The summed E-state index contributed by atoms with van der Waals surface area (Å²) in [4.78, 5) is 41.1. The Bertz CT molecular complexity index is 646. The Morgan fingerprint density at radius 2 is 2.22 bits per heavy atom. The van der Waals surface area contributed by atoms with Crippen LogP contribution in [-0.4, -0.2) is 76.8 Å². The molecule has 8 nitrogen and oxygen atoms in total. The van der Waals surface area contributed by atoms with Crippen LogP contribution in [0.25, 0.3) is 0 Å². The Kier molecular flexibility index (Phi) is 4.25. The molecule has 3 amide bonds. The third-order valence-corrected chi connectivity index (χ3v) is 4.38. The molecule has 2 saturated heterocycles. The number of carbonyl (C=O) groups is 3. The predicted octanol–water partition coefficient (Wildman–Crippen LogP) is -0.228. The summed E-state index contributed by atoms with van der Waals surface area (Å²) in [5.41, 5.74) is 0. The molecule has 1 aromatic rings. The van der Waals surface area contributed by atoms with Gasteiger partial charge < -0.3 is 19.2 Å². The molecule has 23 heavy (non-hydrogen) atoms. The molecule has 3 heterocycles. The number of aromatic nitrogens is 1. The summed E-state index contributed by atoms with van der Waals surface area (Å²) in [6, 6.07) is 1.00. The first kappa shape index (κ1) is 15.8. The fourth-order valence-electron chi connectivity index (χ4n) is 2.94. The van der Waals surface area contributed by atoms with Gasteiger partial charge in [-0.3, -0.25) is 14.4 Å². The minimum Gasteiger partial charge on any atom is -0.360 e.